The molecule has 0 atom stereocenters. The Morgan fingerprint density at radius 3 is 2.55 bits per heavy atom. The first kappa shape index (κ1) is 12.2. The third kappa shape index (κ3) is 2.34. The van der Waals surface area contributed by atoms with Crippen molar-refractivity contribution >= 4 is 22.7 Å². The fourth-order valence-electron chi connectivity index (χ4n) is 2.11. The van der Waals surface area contributed by atoms with E-state index in [1.54, 1.807) is 36.5 Å². The topological polar surface area (TPSA) is 52.8 Å². The molecular formula is C17H13NO2. The summed E-state index contributed by atoms with van der Waals surface area (Å²) in [5, 5.41) is 21.2. The molecule has 98 valence electrons. The maximum absolute atomic E-state index is 9.69. The number of aromatic hydroxyl groups is 2. The van der Waals surface area contributed by atoms with Crippen LogP contribution in [0.4, 0.5) is 5.69 Å². The zero-order valence-electron chi connectivity index (χ0n) is 10.7. The van der Waals surface area contributed by atoms with E-state index in [1.807, 2.05) is 30.3 Å². The van der Waals surface area contributed by atoms with Crippen molar-refractivity contribution in [2.24, 2.45) is 4.99 Å². The number of phenols is 2. The van der Waals surface area contributed by atoms with Gasteiger partial charge in [0.2, 0.25) is 0 Å². The molecule has 0 radical (unpaired) electrons. The highest BCUT2D eigenvalue weighted by Gasteiger charge is 2.01. The lowest BCUT2D eigenvalue weighted by atomic mass is 10.1. The van der Waals surface area contributed by atoms with Crippen molar-refractivity contribution in [1.82, 2.24) is 0 Å². The third-order valence-corrected chi connectivity index (χ3v) is 3.12. The summed E-state index contributed by atoms with van der Waals surface area (Å²) in [6, 6.07) is 18.0. The van der Waals surface area contributed by atoms with Crippen LogP contribution >= 0.6 is 0 Å². The van der Waals surface area contributed by atoms with Gasteiger partial charge in [0, 0.05) is 11.8 Å². The van der Waals surface area contributed by atoms with E-state index in [2.05, 4.69) is 4.99 Å². The van der Waals surface area contributed by atoms with Crippen molar-refractivity contribution in [1.29, 1.82) is 0 Å². The highest BCUT2D eigenvalue weighted by atomic mass is 16.3. The SMILES string of the molecule is Oc1ccc2cccc(C=Nc3ccccc3O)c2c1. The molecule has 0 aliphatic rings. The number of nitrogens with zero attached hydrogens (tertiary/aromatic N) is 1. The van der Waals surface area contributed by atoms with Gasteiger partial charge in [0.05, 0.1) is 0 Å². The van der Waals surface area contributed by atoms with Gasteiger partial charge in [-0.25, -0.2) is 0 Å². The molecule has 3 heteroatoms. The highest BCUT2D eigenvalue weighted by molar-refractivity contribution is 6.01. The summed E-state index contributed by atoms with van der Waals surface area (Å²) >= 11 is 0. The molecule has 3 nitrogen and oxygen atoms in total. The monoisotopic (exact) mass is 263 g/mol. The van der Waals surface area contributed by atoms with Crippen molar-refractivity contribution < 1.29 is 10.2 Å². The third-order valence-electron chi connectivity index (χ3n) is 3.12. The lowest BCUT2D eigenvalue weighted by Crippen LogP contribution is -1.84. The molecule has 2 N–H and O–H groups in total. The van der Waals surface area contributed by atoms with E-state index < -0.39 is 0 Å². The van der Waals surface area contributed by atoms with Crippen LogP contribution in [0.25, 0.3) is 10.8 Å². The Morgan fingerprint density at radius 1 is 0.850 bits per heavy atom. The van der Waals surface area contributed by atoms with E-state index >= 15 is 0 Å². The van der Waals surface area contributed by atoms with Crippen molar-refractivity contribution in [3.05, 3.63) is 66.2 Å². The summed E-state index contributed by atoms with van der Waals surface area (Å²) in [5.41, 5.74) is 1.41. The van der Waals surface area contributed by atoms with Crippen LogP contribution in [0.15, 0.2) is 65.7 Å². The number of para-hydroxylation sites is 2. The predicted octanol–water partition coefficient (Wildman–Crippen LogP) is 4.00. The number of rotatable bonds is 2. The minimum Gasteiger partial charge on any atom is -0.508 e. The van der Waals surface area contributed by atoms with E-state index in [0.29, 0.717) is 5.69 Å². The number of fused-ring (bicyclic) bond motifs is 1. The normalized spacial score (nSPS) is 11.2. The molecule has 0 aliphatic carbocycles. The number of benzene rings is 3. The smallest absolute Gasteiger partial charge is 0.141 e. The van der Waals surface area contributed by atoms with E-state index in [1.165, 1.54) is 0 Å². The molecule has 0 aromatic heterocycles. The molecule has 3 rings (SSSR count). The zero-order chi connectivity index (χ0) is 13.9. The molecule has 0 saturated carbocycles. The van der Waals surface area contributed by atoms with Crippen molar-refractivity contribution in [3.63, 3.8) is 0 Å². The van der Waals surface area contributed by atoms with Crippen molar-refractivity contribution in [3.8, 4) is 11.5 Å². The van der Waals surface area contributed by atoms with Crippen LogP contribution in [0.2, 0.25) is 0 Å². The number of phenolic OH excluding ortho intramolecular Hbond substituents is 2. The molecule has 0 amide bonds. The molecule has 3 aromatic carbocycles. The first-order chi connectivity index (χ1) is 9.74. The molecule has 0 fully saturated rings. The van der Waals surface area contributed by atoms with Gasteiger partial charge in [-0.2, -0.15) is 0 Å². The minimum absolute atomic E-state index is 0.145. The Balaban J connectivity index is 2.07. The second-order valence-electron chi connectivity index (χ2n) is 4.50. The predicted molar refractivity (Wildman–Crippen MR) is 81.0 cm³/mol. The average Bonchev–Trinajstić information content (AvgIpc) is 2.46. The van der Waals surface area contributed by atoms with Gasteiger partial charge in [0.25, 0.3) is 0 Å². The standard InChI is InChI=1S/C17H13NO2/c19-14-9-8-12-4-3-5-13(15(12)10-14)11-18-16-6-1-2-7-17(16)20/h1-11,19-20H. The number of aliphatic imine (C=N–C) groups is 1. The minimum atomic E-state index is 0.145. The van der Waals surface area contributed by atoms with Gasteiger partial charge in [-0.15, -0.1) is 0 Å². The largest absolute Gasteiger partial charge is 0.508 e. The Hall–Kier alpha value is -2.81. The van der Waals surface area contributed by atoms with E-state index in [0.717, 1.165) is 16.3 Å². The van der Waals surface area contributed by atoms with Crippen LogP contribution in [-0.2, 0) is 0 Å². The maximum Gasteiger partial charge on any atom is 0.141 e. The second-order valence-corrected chi connectivity index (χ2v) is 4.50. The molecule has 0 unspecified atom stereocenters. The van der Waals surface area contributed by atoms with Crippen LogP contribution in [0.5, 0.6) is 11.5 Å². The van der Waals surface area contributed by atoms with Gasteiger partial charge >= 0.3 is 0 Å². The molecular weight excluding hydrogens is 250 g/mol. The number of hydrogen-bond acceptors (Lipinski definition) is 3. The molecule has 0 spiro atoms. The summed E-state index contributed by atoms with van der Waals surface area (Å²) in [6.45, 7) is 0. The molecule has 0 saturated heterocycles. The quantitative estimate of drug-likeness (QED) is 0.686. The van der Waals surface area contributed by atoms with Gasteiger partial charge < -0.3 is 10.2 Å². The Morgan fingerprint density at radius 2 is 1.70 bits per heavy atom. The van der Waals surface area contributed by atoms with E-state index in [9.17, 15) is 10.2 Å². The molecule has 0 bridgehead atoms. The maximum atomic E-state index is 9.69. The second kappa shape index (κ2) is 5.05. The lowest BCUT2D eigenvalue weighted by Gasteiger charge is -2.03. The Labute approximate surface area is 116 Å². The fraction of sp³-hybridized carbons (Fsp3) is 0. The van der Waals surface area contributed by atoms with Crippen LogP contribution in [-0.4, -0.2) is 16.4 Å². The summed E-state index contributed by atoms with van der Waals surface area (Å²) in [5.74, 6) is 0.368. The zero-order valence-corrected chi connectivity index (χ0v) is 10.7. The average molecular weight is 263 g/mol. The van der Waals surface area contributed by atoms with Crippen LogP contribution in [0.3, 0.4) is 0 Å². The molecule has 0 heterocycles. The summed E-state index contributed by atoms with van der Waals surface area (Å²) in [6.07, 6.45) is 1.69. The van der Waals surface area contributed by atoms with Crippen LogP contribution in [0, 0.1) is 0 Å². The first-order valence-corrected chi connectivity index (χ1v) is 6.28. The molecule has 20 heavy (non-hydrogen) atoms. The molecule has 0 aliphatic heterocycles. The van der Waals surface area contributed by atoms with E-state index in [4.69, 9.17) is 0 Å². The van der Waals surface area contributed by atoms with Gasteiger partial charge in [0.15, 0.2) is 0 Å². The number of hydrogen-bond donors (Lipinski definition) is 2. The highest BCUT2D eigenvalue weighted by Crippen LogP contribution is 2.26. The van der Waals surface area contributed by atoms with Gasteiger partial charge in [-0.05, 0) is 35.0 Å². The van der Waals surface area contributed by atoms with Gasteiger partial charge in [-0.3, -0.25) is 4.99 Å². The summed E-state index contributed by atoms with van der Waals surface area (Å²) < 4.78 is 0. The van der Waals surface area contributed by atoms with Crippen LogP contribution < -0.4 is 0 Å². The van der Waals surface area contributed by atoms with Crippen molar-refractivity contribution in [2.45, 2.75) is 0 Å². The van der Waals surface area contributed by atoms with E-state index in [-0.39, 0.29) is 11.5 Å². The first-order valence-electron chi connectivity index (χ1n) is 6.28. The van der Waals surface area contributed by atoms with Gasteiger partial charge in [-0.1, -0.05) is 36.4 Å². The van der Waals surface area contributed by atoms with Crippen LogP contribution in [0.1, 0.15) is 5.56 Å². The lowest BCUT2D eigenvalue weighted by molar-refractivity contribution is 0.476. The summed E-state index contributed by atoms with van der Waals surface area (Å²) in [4.78, 5) is 4.30. The van der Waals surface area contributed by atoms with Crippen molar-refractivity contribution in [2.75, 3.05) is 0 Å². The summed E-state index contributed by atoms with van der Waals surface area (Å²) in [7, 11) is 0. The molecule has 3 aromatic rings. The van der Waals surface area contributed by atoms with Gasteiger partial charge in [0.1, 0.15) is 17.2 Å². The Bertz CT molecular complexity index is 794. The Kier molecular flexibility index (Phi) is 3.09. The fourth-order valence-corrected chi connectivity index (χ4v) is 2.11.